The number of methoxy groups -OCH3 is 1. The van der Waals surface area contributed by atoms with Gasteiger partial charge in [-0.1, -0.05) is 39.8 Å². The third-order valence-corrected chi connectivity index (χ3v) is 5.73. The Balaban J connectivity index is 2.05. The van der Waals surface area contributed by atoms with Gasteiger partial charge in [0, 0.05) is 20.1 Å². The van der Waals surface area contributed by atoms with Crippen molar-refractivity contribution in [2.45, 2.75) is 59.3 Å². The lowest BCUT2D eigenvalue weighted by atomic mass is 9.78. The molecule has 1 saturated carbocycles. The molecule has 0 saturated heterocycles. The van der Waals surface area contributed by atoms with Gasteiger partial charge in [-0.3, -0.25) is 0 Å². The van der Waals surface area contributed by atoms with Gasteiger partial charge in [0.05, 0.1) is 6.61 Å². The van der Waals surface area contributed by atoms with Crippen LogP contribution in [0.5, 0.6) is 5.75 Å². The molecular weight excluding hydrogens is 284 g/mol. The number of ether oxygens (including phenoxy) is 2. The molecule has 1 aliphatic rings. The van der Waals surface area contributed by atoms with E-state index in [2.05, 4.69) is 45.9 Å². The molecular formula is C21H34O2. The Morgan fingerprint density at radius 1 is 1.13 bits per heavy atom. The van der Waals surface area contributed by atoms with Crippen LogP contribution in [-0.2, 0) is 11.2 Å². The highest BCUT2D eigenvalue weighted by molar-refractivity contribution is 5.39. The molecule has 23 heavy (non-hydrogen) atoms. The van der Waals surface area contributed by atoms with Gasteiger partial charge in [-0.05, 0) is 60.1 Å². The average Bonchev–Trinajstić information content (AvgIpc) is 3.41. The predicted octanol–water partition coefficient (Wildman–Crippen LogP) is 5.45. The Morgan fingerprint density at radius 2 is 1.87 bits per heavy atom. The topological polar surface area (TPSA) is 18.5 Å². The van der Waals surface area contributed by atoms with Crippen molar-refractivity contribution in [3.8, 4) is 5.75 Å². The van der Waals surface area contributed by atoms with Crippen LogP contribution in [0.2, 0.25) is 0 Å². The molecule has 0 bridgehead atoms. The zero-order chi connectivity index (χ0) is 16.8. The van der Waals surface area contributed by atoms with Crippen molar-refractivity contribution >= 4 is 0 Å². The molecule has 0 aromatic heterocycles. The van der Waals surface area contributed by atoms with Crippen molar-refractivity contribution in [2.75, 3.05) is 20.3 Å². The molecule has 1 fully saturated rings. The number of benzene rings is 1. The molecule has 2 heteroatoms. The molecule has 0 aliphatic heterocycles. The van der Waals surface area contributed by atoms with Crippen LogP contribution in [0.3, 0.4) is 0 Å². The van der Waals surface area contributed by atoms with E-state index in [0.717, 1.165) is 49.6 Å². The molecule has 0 heterocycles. The molecule has 0 amide bonds. The van der Waals surface area contributed by atoms with E-state index in [0.29, 0.717) is 5.92 Å². The number of hydrogen-bond acceptors (Lipinski definition) is 2. The monoisotopic (exact) mass is 318 g/mol. The van der Waals surface area contributed by atoms with Crippen LogP contribution in [-0.4, -0.2) is 20.3 Å². The number of hydrogen-bond donors (Lipinski definition) is 0. The van der Waals surface area contributed by atoms with Gasteiger partial charge in [0.25, 0.3) is 0 Å². The minimum Gasteiger partial charge on any atom is -0.493 e. The summed E-state index contributed by atoms with van der Waals surface area (Å²) in [5.41, 5.74) is 2.73. The zero-order valence-electron chi connectivity index (χ0n) is 15.6. The fraction of sp³-hybridized carbons (Fsp3) is 0.714. The first kappa shape index (κ1) is 18.3. The second-order valence-electron chi connectivity index (χ2n) is 7.26. The van der Waals surface area contributed by atoms with E-state index in [4.69, 9.17) is 9.47 Å². The third-order valence-electron chi connectivity index (χ3n) is 5.73. The van der Waals surface area contributed by atoms with Gasteiger partial charge >= 0.3 is 0 Å². The van der Waals surface area contributed by atoms with E-state index in [1.807, 2.05) is 0 Å². The molecule has 0 spiro atoms. The quantitative estimate of drug-likeness (QED) is 0.534. The summed E-state index contributed by atoms with van der Waals surface area (Å²) >= 11 is 0. The molecule has 1 aliphatic carbocycles. The van der Waals surface area contributed by atoms with Gasteiger partial charge in [-0.15, -0.1) is 0 Å². The van der Waals surface area contributed by atoms with Crippen LogP contribution in [0.1, 0.15) is 64.0 Å². The number of rotatable bonds is 10. The Morgan fingerprint density at radius 3 is 2.48 bits per heavy atom. The first-order chi connectivity index (χ1) is 11.1. The Hall–Kier alpha value is -1.02. The SMILES string of the molecule is CCc1ccc(C(C)C(C)C(C)C2CC2)cc1OCCCOC. The lowest BCUT2D eigenvalue weighted by molar-refractivity contribution is 0.171. The average molecular weight is 319 g/mol. The van der Waals surface area contributed by atoms with E-state index < -0.39 is 0 Å². The summed E-state index contributed by atoms with van der Waals surface area (Å²) in [6, 6.07) is 6.85. The van der Waals surface area contributed by atoms with E-state index in [1.165, 1.54) is 24.0 Å². The fourth-order valence-corrected chi connectivity index (χ4v) is 3.48. The summed E-state index contributed by atoms with van der Waals surface area (Å²) in [7, 11) is 1.74. The Bertz CT molecular complexity index is 479. The van der Waals surface area contributed by atoms with E-state index in [-0.39, 0.29) is 0 Å². The maximum Gasteiger partial charge on any atom is 0.122 e. The van der Waals surface area contributed by atoms with Crippen molar-refractivity contribution < 1.29 is 9.47 Å². The highest BCUT2D eigenvalue weighted by atomic mass is 16.5. The zero-order valence-corrected chi connectivity index (χ0v) is 15.6. The highest BCUT2D eigenvalue weighted by Gasteiger charge is 2.33. The summed E-state index contributed by atoms with van der Waals surface area (Å²) in [5, 5.41) is 0. The van der Waals surface area contributed by atoms with Gasteiger partial charge in [-0.25, -0.2) is 0 Å². The maximum absolute atomic E-state index is 6.04. The second kappa shape index (κ2) is 8.73. The van der Waals surface area contributed by atoms with Crippen LogP contribution in [0.4, 0.5) is 0 Å². The lowest BCUT2D eigenvalue weighted by Gasteiger charge is -2.27. The van der Waals surface area contributed by atoms with E-state index >= 15 is 0 Å². The van der Waals surface area contributed by atoms with Crippen LogP contribution < -0.4 is 4.74 Å². The minimum atomic E-state index is 0.581. The van der Waals surface area contributed by atoms with E-state index in [1.54, 1.807) is 7.11 Å². The largest absolute Gasteiger partial charge is 0.493 e. The lowest BCUT2D eigenvalue weighted by Crippen LogP contribution is -2.17. The van der Waals surface area contributed by atoms with Crippen LogP contribution in [0.15, 0.2) is 18.2 Å². The molecule has 3 atom stereocenters. The van der Waals surface area contributed by atoms with Crippen LogP contribution in [0, 0.1) is 17.8 Å². The van der Waals surface area contributed by atoms with Crippen molar-refractivity contribution in [1.29, 1.82) is 0 Å². The molecule has 3 unspecified atom stereocenters. The Labute approximate surface area is 142 Å². The Kier molecular flexibility index (Phi) is 6.95. The van der Waals surface area contributed by atoms with Crippen molar-refractivity contribution in [2.24, 2.45) is 17.8 Å². The van der Waals surface area contributed by atoms with Crippen molar-refractivity contribution in [1.82, 2.24) is 0 Å². The standard InChI is InChI=1S/C21H34O2/c1-6-18-8-11-20(14-21(18)23-13-7-12-22-5)17(4)15(2)16(3)19-9-10-19/h8,11,14-17,19H,6-7,9-10,12-13H2,1-5H3. The molecule has 2 rings (SSSR count). The minimum absolute atomic E-state index is 0.581. The summed E-state index contributed by atoms with van der Waals surface area (Å²) in [6.45, 7) is 10.9. The van der Waals surface area contributed by atoms with Crippen LogP contribution in [0.25, 0.3) is 0 Å². The summed E-state index contributed by atoms with van der Waals surface area (Å²) in [4.78, 5) is 0. The molecule has 0 N–H and O–H groups in total. The van der Waals surface area contributed by atoms with Gasteiger partial charge in [0.15, 0.2) is 0 Å². The van der Waals surface area contributed by atoms with Gasteiger partial charge in [0.2, 0.25) is 0 Å². The van der Waals surface area contributed by atoms with Gasteiger partial charge in [-0.2, -0.15) is 0 Å². The number of aryl methyl sites for hydroxylation is 1. The second-order valence-corrected chi connectivity index (χ2v) is 7.26. The van der Waals surface area contributed by atoms with Crippen molar-refractivity contribution in [3.63, 3.8) is 0 Å². The molecule has 1 aromatic carbocycles. The summed E-state index contributed by atoms with van der Waals surface area (Å²) in [5.74, 6) is 4.16. The van der Waals surface area contributed by atoms with Gasteiger partial charge < -0.3 is 9.47 Å². The highest BCUT2D eigenvalue weighted by Crippen LogP contribution is 2.44. The predicted molar refractivity (Wildman–Crippen MR) is 97.3 cm³/mol. The van der Waals surface area contributed by atoms with Crippen molar-refractivity contribution in [3.05, 3.63) is 29.3 Å². The van der Waals surface area contributed by atoms with E-state index in [9.17, 15) is 0 Å². The smallest absolute Gasteiger partial charge is 0.122 e. The summed E-state index contributed by atoms with van der Waals surface area (Å²) < 4.78 is 11.1. The molecule has 130 valence electrons. The first-order valence-electron chi connectivity index (χ1n) is 9.33. The normalized spacial score (nSPS) is 18.5. The molecule has 0 radical (unpaired) electrons. The fourth-order valence-electron chi connectivity index (χ4n) is 3.48. The summed E-state index contributed by atoms with van der Waals surface area (Å²) in [6.07, 6.45) is 4.82. The first-order valence-corrected chi connectivity index (χ1v) is 9.33. The maximum atomic E-state index is 6.04. The third kappa shape index (κ3) is 4.97. The molecule has 2 nitrogen and oxygen atoms in total. The van der Waals surface area contributed by atoms with Gasteiger partial charge in [0.1, 0.15) is 5.75 Å². The van der Waals surface area contributed by atoms with Crippen LogP contribution >= 0.6 is 0 Å². The molecule has 1 aromatic rings.